The van der Waals surface area contributed by atoms with Crippen LogP contribution < -0.4 is 0 Å². The highest BCUT2D eigenvalue weighted by molar-refractivity contribution is 7.80. The van der Waals surface area contributed by atoms with Gasteiger partial charge < -0.3 is 0 Å². The van der Waals surface area contributed by atoms with Crippen LogP contribution in [0.2, 0.25) is 0 Å². The zero-order valence-corrected chi connectivity index (χ0v) is 17.2. The molecule has 0 nitrogen and oxygen atoms in total. The Hall–Kier alpha value is 0.350. The highest BCUT2D eigenvalue weighted by Crippen LogP contribution is 2.14. The van der Waals surface area contributed by atoms with Crippen LogP contribution in [0.5, 0.6) is 0 Å². The van der Waals surface area contributed by atoms with Crippen molar-refractivity contribution < 1.29 is 0 Å². The van der Waals surface area contributed by atoms with Gasteiger partial charge in [0.25, 0.3) is 0 Å². The third kappa shape index (κ3) is 22.4. The maximum atomic E-state index is 4.26. The Morgan fingerprint density at radius 1 is 0.348 bits per heavy atom. The highest BCUT2D eigenvalue weighted by atomic mass is 32.1. The van der Waals surface area contributed by atoms with Crippen LogP contribution in [0.25, 0.3) is 0 Å². The number of rotatable bonds is 20. The van der Waals surface area contributed by atoms with Crippen molar-refractivity contribution in [2.75, 3.05) is 5.75 Å². The quantitative estimate of drug-likeness (QED) is 0.166. The first-order valence-electron chi connectivity index (χ1n) is 11.0. The van der Waals surface area contributed by atoms with Gasteiger partial charge in [0.05, 0.1) is 0 Å². The molecule has 0 radical (unpaired) electrons. The van der Waals surface area contributed by atoms with Crippen molar-refractivity contribution in [2.24, 2.45) is 0 Å². The Morgan fingerprint density at radius 2 is 0.565 bits per heavy atom. The summed E-state index contributed by atoms with van der Waals surface area (Å²) in [6.45, 7) is 2.30. The molecule has 0 saturated carbocycles. The Kier molecular flexibility index (Phi) is 22.7. The van der Waals surface area contributed by atoms with E-state index in [0.29, 0.717) is 0 Å². The van der Waals surface area contributed by atoms with Crippen LogP contribution in [0.4, 0.5) is 0 Å². The summed E-state index contributed by atoms with van der Waals surface area (Å²) < 4.78 is 0. The lowest BCUT2D eigenvalue weighted by atomic mass is 10.0. The molecule has 0 bridgehead atoms. The number of hydrogen-bond acceptors (Lipinski definition) is 1. The minimum absolute atomic E-state index is 1.07. The van der Waals surface area contributed by atoms with Gasteiger partial charge in [-0.1, -0.05) is 129 Å². The first-order chi connectivity index (χ1) is 11.4. The minimum atomic E-state index is 1.07. The second-order valence-electron chi connectivity index (χ2n) is 7.44. The van der Waals surface area contributed by atoms with Gasteiger partial charge in [0.1, 0.15) is 0 Å². The molecule has 0 aliphatic heterocycles. The van der Waals surface area contributed by atoms with Crippen LogP contribution in [0.1, 0.15) is 135 Å². The fourth-order valence-electron chi connectivity index (χ4n) is 3.37. The zero-order valence-electron chi connectivity index (χ0n) is 16.3. The predicted molar refractivity (Wildman–Crippen MR) is 112 cm³/mol. The Morgan fingerprint density at radius 3 is 0.783 bits per heavy atom. The van der Waals surface area contributed by atoms with Gasteiger partial charge in [-0.3, -0.25) is 0 Å². The average Bonchev–Trinajstić information content (AvgIpc) is 2.57. The topological polar surface area (TPSA) is 0 Å². The maximum absolute atomic E-state index is 4.26. The molecule has 0 aromatic carbocycles. The summed E-state index contributed by atoms with van der Waals surface area (Å²) in [5.41, 5.74) is 0. The van der Waals surface area contributed by atoms with Gasteiger partial charge in [0.2, 0.25) is 0 Å². The minimum Gasteiger partial charge on any atom is -0.179 e. The maximum Gasteiger partial charge on any atom is -0.00979 e. The fraction of sp³-hybridized carbons (Fsp3) is 1.00. The summed E-state index contributed by atoms with van der Waals surface area (Å²) in [7, 11) is 0. The summed E-state index contributed by atoms with van der Waals surface area (Å²) >= 11 is 4.26. The largest absolute Gasteiger partial charge is 0.179 e. The van der Waals surface area contributed by atoms with Gasteiger partial charge in [-0.2, -0.15) is 12.6 Å². The molecule has 0 rings (SSSR count). The summed E-state index contributed by atoms with van der Waals surface area (Å²) in [5, 5.41) is 0. The van der Waals surface area contributed by atoms with Crippen molar-refractivity contribution in [3.05, 3.63) is 0 Å². The van der Waals surface area contributed by atoms with E-state index in [4.69, 9.17) is 0 Å². The molecule has 0 atom stereocenters. The molecule has 0 spiro atoms. The Balaban J connectivity index is 2.92. The lowest BCUT2D eigenvalue weighted by Crippen LogP contribution is -1.84. The van der Waals surface area contributed by atoms with E-state index in [9.17, 15) is 0 Å². The lowest BCUT2D eigenvalue weighted by Gasteiger charge is -2.04. The third-order valence-electron chi connectivity index (χ3n) is 5.01. The van der Waals surface area contributed by atoms with Crippen LogP contribution in [-0.4, -0.2) is 5.75 Å². The Bertz CT molecular complexity index is 170. The molecule has 0 unspecified atom stereocenters. The van der Waals surface area contributed by atoms with E-state index in [1.54, 1.807) is 0 Å². The molecule has 1 heteroatoms. The predicted octanol–water partition coefficient (Wildman–Crippen LogP) is 8.74. The summed E-state index contributed by atoms with van der Waals surface area (Å²) in [6.07, 6.45) is 29.1. The summed E-state index contributed by atoms with van der Waals surface area (Å²) in [5.74, 6) is 1.07. The summed E-state index contributed by atoms with van der Waals surface area (Å²) in [4.78, 5) is 0. The van der Waals surface area contributed by atoms with E-state index >= 15 is 0 Å². The van der Waals surface area contributed by atoms with E-state index in [2.05, 4.69) is 19.6 Å². The van der Waals surface area contributed by atoms with Crippen LogP contribution >= 0.6 is 12.6 Å². The molecule has 0 N–H and O–H groups in total. The van der Waals surface area contributed by atoms with E-state index in [1.807, 2.05) is 0 Å². The molecular formula is C22H46S. The van der Waals surface area contributed by atoms with Gasteiger partial charge >= 0.3 is 0 Å². The number of unbranched alkanes of at least 4 members (excludes halogenated alkanes) is 19. The molecule has 0 heterocycles. The molecule has 23 heavy (non-hydrogen) atoms. The third-order valence-corrected chi connectivity index (χ3v) is 5.33. The van der Waals surface area contributed by atoms with Crippen LogP contribution in [0.3, 0.4) is 0 Å². The molecule has 0 aromatic heterocycles. The smallest absolute Gasteiger partial charge is 0.00979 e. The van der Waals surface area contributed by atoms with Crippen LogP contribution in [-0.2, 0) is 0 Å². The van der Waals surface area contributed by atoms with Crippen molar-refractivity contribution in [1.29, 1.82) is 0 Å². The van der Waals surface area contributed by atoms with E-state index in [0.717, 1.165) is 5.75 Å². The van der Waals surface area contributed by atoms with Gasteiger partial charge in [-0.15, -0.1) is 0 Å². The molecule has 140 valence electrons. The highest BCUT2D eigenvalue weighted by Gasteiger charge is 1.95. The SMILES string of the molecule is CCCCCCCCCCCCCCCCCCCCCCS. The molecule has 0 amide bonds. The summed E-state index contributed by atoms with van der Waals surface area (Å²) in [6, 6.07) is 0. The molecular weight excluding hydrogens is 296 g/mol. The van der Waals surface area contributed by atoms with Crippen molar-refractivity contribution in [3.8, 4) is 0 Å². The lowest BCUT2D eigenvalue weighted by molar-refractivity contribution is 0.523. The molecule has 0 aliphatic rings. The van der Waals surface area contributed by atoms with Crippen LogP contribution in [0, 0.1) is 0 Å². The van der Waals surface area contributed by atoms with Gasteiger partial charge in [-0.05, 0) is 12.2 Å². The van der Waals surface area contributed by atoms with Crippen molar-refractivity contribution >= 4 is 12.6 Å². The van der Waals surface area contributed by atoms with E-state index < -0.39 is 0 Å². The van der Waals surface area contributed by atoms with Gasteiger partial charge in [0.15, 0.2) is 0 Å². The monoisotopic (exact) mass is 342 g/mol. The second kappa shape index (κ2) is 22.4. The molecule has 0 aromatic rings. The molecule has 0 fully saturated rings. The average molecular weight is 343 g/mol. The first kappa shape index (κ1) is 23.4. The van der Waals surface area contributed by atoms with Gasteiger partial charge in [0, 0.05) is 0 Å². The van der Waals surface area contributed by atoms with Gasteiger partial charge in [-0.25, -0.2) is 0 Å². The van der Waals surface area contributed by atoms with Crippen LogP contribution in [0.15, 0.2) is 0 Å². The fourth-order valence-corrected chi connectivity index (χ4v) is 3.59. The molecule has 0 saturated heterocycles. The first-order valence-corrected chi connectivity index (χ1v) is 11.7. The number of thiol groups is 1. The number of hydrogen-bond donors (Lipinski definition) is 1. The standard InChI is InChI=1S/C22H46S/c1-2-3-4-5-6-7-8-9-10-11-12-13-14-15-16-17-18-19-20-21-22-23/h23H,2-22H2,1H3. The molecule has 0 aliphatic carbocycles. The van der Waals surface area contributed by atoms with Crippen molar-refractivity contribution in [1.82, 2.24) is 0 Å². The zero-order chi connectivity index (χ0) is 16.8. The van der Waals surface area contributed by atoms with Crippen molar-refractivity contribution in [3.63, 3.8) is 0 Å². The van der Waals surface area contributed by atoms with E-state index in [-0.39, 0.29) is 0 Å². The van der Waals surface area contributed by atoms with Crippen molar-refractivity contribution in [2.45, 2.75) is 135 Å². The second-order valence-corrected chi connectivity index (χ2v) is 7.89. The van der Waals surface area contributed by atoms with E-state index in [1.165, 1.54) is 128 Å². The Labute approximate surface area is 154 Å². The normalized spacial score (nSPS) is 11.2.